The van der Waals surface area contributed by atoms with E-state index < -0.39 is 0 Å². The molecule has 3 N–H and O–H groups in total. The fourth-order valence-corrected chi connectivity index (χ4v) is 3.07. The van der Waals surface area contributed by atoms with E-state index in [0.29, 0.717) is 42.2 Å². The third-order valence-electron chi connectivity index (χ3n) is 4.40. The molecule has 0 atom stereocenters. The van der Waals surface area contributed by atoms with E-state index in [1.165, 1.54) is 0 Å². The lowest BCUT2D eigenvalue weighted by Gasteiger charge is -2.11. The molecular formula is C19H26N6O2. The number of nitrogens with zero attached hydrogens (tertiary/aromatic N) is 4. The van der Waals surface area contributed by atoms with Gasteiger partial charge in [-0.15, -0.1) is 0 Å². The van der Waals surface area contributed by atoms with Gasteiger partial charge in [-0.05, 0) is 39.2 Å². The van der Waals surface area contributed by atoms with Crippen molar-refractivity contribution in [3.8, 4) is 0 Å². The average molecular weight is 370 g/mol. The number of aromatic nitrogens is 3. The Hall–Kier alpha value is -2.71. The van der Waals surface area contributed by atoms with Crippen molar-refractivity contribution in [1.82, 2.24) is 24.8 Å². The minimum Gasteiger partial charge on any atom is -0.384 e. The fraction of sp³-hybridized carbons (Fsp3) is 0.421. The third kappa shape index (κ3) is 4.01. The molecule has 0 spiro atoms. The summed E-state index contributed by atoms with van der Waals surface area (Å²) in [5.74, 6) is 0.138. The smallest absolute Gasteiger partial charge is 0.257 e. The Bertz CT molecular complexity index is 950. The number of aryl methyl sites for hydroxylation is 1. The molecule has 0 bridgehead atoms. The molecule has 0 saturated heterocycles. The molecule has 0 aliphatic rings. The van der Waals surface area contributed by atoms with Crippen LogP contribution in [0, 0.1) is 0 Å². The number of carbonyl (C=O) groups is 1. The van der Waals surface area contributed by atoms with E-state index in [9.17, 15) is 4.79 Å². The van der Waals surface area contributed by atoms with Crippen LogP contribution in [0.3, 0.4) is 0 Å². The molecule has 2 heterocycles. The molecular weight excluding hydrogens is 344 g/mol. The second-order valence-electron chi connectivity index (χ2n) is 6.70. The first-order valence-electron chi connectivity index (χ1n) is 8.99. The maximum Gasteiger partial charge on any atom is 0.257 e. The van der Waals surface area contributed by atoms with Gasteiger partial charge in [0, 0.05) is 20.2 Å². The van der Waals surface area contributed by atoms with Crippen molar-refractivity contribution in [2.24, 2.45) is 0 Å². The van der Waals surface area contributed by atoms with Gasteiger partial charge in [-0.1, -0.05) is 12.1 Å². The number of methoxy groups -OCH3 is 1. The summed E-state index contributed by atoms with van der Waals surface area (Å²) < 4.78 is 6.89. The normalized spacial score (nSPS) is 11.6. The van der Waals surface area contributed by atoms with Crippen LogP contribution in [0.25, 0.3) is 22.2 Å². The van der Waals surface area contributed by atoms with Gasteiger partial charge in [0.15, 0.2) is 5.65 Å². The van der Waals surface area contributed by atoms with Crippen LogP contribution in [-0.4, -0.2) is 66.2 Å². The summed E-state index contributed by atoms with van der Waals surface area (Å²) in [6.07, 6.45) is 0.889. The molecule has 27 heavy (non-hydrogen) atoms. The van der Waals surface area contributed by atoms with Gasteiger partial charge in [0.25, 0.3) is 5.91 Å². The van der Waals surface area contributed by atoms with E-state index in [1.54, 1.807) is 7.11 Å². The highest BCUT2D eigenvalue weighted by molar-refractivity contribution is 6.10. The number of nitrogens with one attached hydrogen (secondary N) is 1. The van der Waals surface area contributed by atoms with E-state index in [0.717, 1.165) is 24.0 Å². The van der Waals surface area contributed by atoms with Crippen LogP contribution in [0.5, 0.6) is 0 Å². The summed E-state index contributed by atoms with van der Waals surface area (Å²) in [7, 11) is 5.65. The molecule has 2 aromatic heterocycles. The lowest BCUT2D eigenvalue weighted by molar-refractivity contribution is 0.0939. The largest absolute Gasteiger partial charge is 0.384 e. The van der Waals surface area contributed by atoms with E-state index >= 15 is 0 Å². The molecule has 0 saturated carbocycles. The predicted molar refractivity (Wildman–Crippen MR) is 107 cm³/mol. The van der Waals surface area contributed by atoms with Crippen LogP contribution >= 0.6 is 0 Å². The fourth-order valence-electron chi connectivity index (χ4n) is 3.07. The summed E-state index contributed by atoms with van der Waals surface area (Å²) in [5, 5.41) is 2.84. The van der Waals surface area contributed by atoms with Crippen molar-refractivity contribution in [3.63, 3.8) is 0 Å². The Kier molecular flexibility index (Phi) is 5.88. The van der Waals surface area contributed by atoms with Crippen molar-refractivity contribution >= 4 is 33.9 Å². The molecule has 8 nitrogen and oxygen atoms in total. The monoisotopic (exact) mass is 370 g/mol. The third-order valence-corrected chi connectivity index (χ3v) is 4.40. The number of nitrogen functional groups attached to an aromatic ring is 1. The first kappa shape index (κ1) is 19.1. The number of hydrogen-bond acceptors (Lipinski definition) is 6. The van der Waals surface area contributed by atoms with Crippen LogP contribution in [-0.2, 0) is 11.3 Å². The van der Waals surface area contributed by atoms with E-state index in [2.05, 4.69) is 15.2 Å². The maximum absolute atomic E-state index is 12.7. The quantitative estimate of drug-likeness (QED) is 0.583. The number of fused-ring (bicyclic) bond motifs is 2. The minimum atomic E-state index is -0.259. The van der Waals surface area contributed by atoms with Crippen LogP contribution in [0.2, 0.25) is 0 Å². The van der Waals surface area contributed by atoms with Gasteiger partial charge in [-0.3, -0.25) is 4.79 Å². The SMILES string of the molecule is COCCNC(=O)c1c(N)n(CCCN(C)C)c2nc3ccccc3nc12. The van der Waals surface area contributed by atoms with Gasteiger partial charge in [-0.25, -0.2) is 9.97 Å². The number of para-hydroxylation sites is 2. The first-order valence-corrected chi connectivity index (χ1v) is 8.99. The molecule has 1 aromatic carbocycles. The van der Waals surface area contributed by atoms with Crippen LogP contribution in [0.4, 0.5) is 5.82 Å². The minimum absolute atomic E-state index is 0.259. The molecule has 0 unspecified atom stereocenters. The van der Waals surface area contributed by atoms with Gasteiger partial charge in [-0.2, -0.15) is 0 Å². The zero-order valence-corrected chi connectivity index (χ0v) is 16.0. The van der Waals surface area contributed by atoms with E-state index in [4.69, 9.17) is 15.5 Å². The number of rotatable bonds is 8. The van der Waals surface area contributed by atoms with Crippen molar-refractivity contribution in [1.29, 1.82) is 0 Å². The number of hydrogen-bond donors (Lipinski definition) is 2. The lowest BCUT2D eigenvalue weighted by atomic mass is 10.2. The predicted octanol–water partition coefficient (Wildman–Crippen LogP) is 1.49. The zero-order chi connectivity index (χ0) is 19.4. The van der Waals surface area contributed by atoms with Gasteiger partial charge >= 0.3 is 0 Å². The molecule has 144 valence electrons. The van der Waals surface area contributed by atoms with Crippen molar-refractivity contribution in [2.45, 2.75) is 13.0 Å². The highest BCUT2D eigenvalue weighted by atomic mass is 16.5. The molecule has 0 fully saturated rings. The van der Waals surface area contributed by atoms with Gasteiger partial charge in [0.1, 0.15) is 16.9 Å². The second-order valence-corrected chi connectivity index (χ2v) is 6.70. The molecule has 0 radical (unpaired) electrons. The van der Waals surface area contributed by atoms with Gasteiger partial charge < -0.3 is 25.3 Å². The van der Waals surface area contributed by atoms with Crippen molar-refractivity contribution in [3.05, 3.63) is 29.8 Å². The Morgan fingerprint density at radius 2 is 1.96 bits per heavy atom. The van der Waals surface area contributed by atoms with Crippen molar-refractivity contribution < 1.29 is 9.53 Å². The Morgan fingerprint density at radius 3 is 2.63 bits per heavy atom. The highest BCUT2D eigenvalue weighted by Gasteiger charge is 2.23. The summed E-state index contributed by atoms with van der Waals surface area (Å²) in [6, 6.07) is 7.61. The number of anilines is 1. The van der Waals surface area contributed by atoms with Crippen LogP contribution in [0.15, 0.2) is 24.3 Å². The van der Waals surface area contributed by atoms with Crippen LogP contribution in [0.1, 0.15) is 16.8 Å². The van der Waals surface area contributed by atoms with Gasteiger partial charge in [0.05, 0.1) is 17.6 Å². The van der Waals surface area contributed by atoms with Gasteiger partial charge in [0.2, 0.25) is 0 Å². The molecule has 8 heteroatoms. The molecule has 3 aromatic rings. The molecule has 0 aliphatic carbocycles. The summed E-state index contributed by atoms with van der Waals surface area (Å²) in [5.41, 5.74) is 9.45. The Morgan fingerprint density at radius 1 is 1.26 bits per heavy atom. The molecule has 3 rings (SSSR count). The zero-order valence-electron chi connectivity index (χ0n) is 16.0. The van der Waals surface area contributed by atoms with E-state index in [-0.39, 0.29) is 5.91 Å². The molecule has 1 amide bonds. The first-order chi connectivity index (χ1) is 13.0. The topological polar surface area (TPSA) is 98.3 Å². The highest BCUT2D eigenvalue weighted by Crippen LogP contribution is 2.28. The van der Waals surface area contributed by atoms with Crippen molar-refractivity contribution in [2.75, 3.05) is 46.6 Å². The second kappa shape index (κ2) is 8.32. The number of carbonyl (C=O) groups excluding carboxylic acids is 1. The van der Waals surface area contributed by atoms with Crippen LogP contribution < -0.4 is 11.1 Å². The summed E-state index contributed by atoms with van der Waals surface area (Å²) >= 11 is 0. The Labute approximate surface area is 158 Å². The van der Waals surface area contributed by atoms with E-state index in [1.807, 2.05) is 42.9 Å². The number of ether oxygens (including phenoxy) is 1. The number of benzene rings is 1. The Balaban J connectivity index is 2.07. The molecule has 0 aliphatic heterocycles. The summed E-state index contributed by atoms with van der Waals surface area (Å²) in [6.45, 7) is 2.42. The lowest BCUT2D eigenvalue weighted by Crippen LogP contribution is -2.27. The number of nitrogens with two attached hydrogens (primary N) is 1. The summed E-state index contributed by atoms with van der Waals surface area (Å²) in [4.78, 5) is 24.3. The average Bonchev–Trinajstić information content (AvgIpc) is 2.91. The maximum atomic E-state index is 12.7. The number of amides is 1. The standard InChI is InChI=1S/C19H26N6O2/c1-24(2)10-6-11-25-17(20)15(19(26)21-9-12-27-3)16-18(25)23-14-8-5-4-7-13(14)22-16/h4-5,7-8H,6,9-12,20H2,1-3H3,(H,21,26).